The number of methoxy groups -OCH3 is 1. The van der Waals surface area contributed by atoms with Gasteiger partial charge in [-0.15, -0.1) is 0 Å². The zero-order valence-corrected chi connectivity index (χ0v) is 27.7. The van der Waals surface area contributed by atoms with Gasteiger partial charge in [0.15, 0.2) is 17.2 Å². The van der Waals surface area contributed by atoms with E-state index in [1.165, 1.54) is 53.9 Å². The molecule has 1 aromatic rings. The summed E-state index contributed by atoms with van der Waals surface area (Å²) in [5.74, 6) is -4.35. The maximum absolute atomic E-state index is 15.1. The van der Waals surface area contributed by atoms with E-state index in [-0.39, 0.29) is 29.7 Å². The number of carbonyl (C=O) groups excluding carboxylic acids is 5. The van der Waals surface area contributed by atoms with Crippen LogP contribution in [0.4, 0.5) is 4.79 Å². The van der Waals surface area contributed by atoms with Crippen molar-refractivity contribution in [2.75, 3.05) is 19.5 Å². The van der Waals surface area contributed by atoms with Crippen LogP contribution in [-0.2, 0) is 38.1 Å². The lowest BCUT2D eigenvalue weighted by molar-refractivity contribution is -0.347. The monoisotopic (exact) mass is 660 g/mol. The van der Waals surface area contributed by atoms with E-state index in [0.29, 0.717) is 5.75 Å². The second-order valence-electron chi connectivity index (χ2n) is 13.1. The molecule has 3 aliphatic carbocycles. The van der Waals surface area contributed by atoms with E-state index >= 15 is 4.79 Å². The first-order valence-electron chi connectivity index (χ1n) is 15.2. The molecule has 9 atom stereocenters. The van der Waals surface area contributed by atoms with Gasteiger partial charge in [0.25, 0.3) is 0 Å². The summed E-state index contributed by atoms with van der Waals surface area (Å²) >= 11 is 0.877. The molecule has 1 saturated heterocycles. The first-order chi connectivity index (χ1) is 21.5. The maximum atomic E-state index is 15.1. The Labute approximate surface area is 271 Å². The molecule has 2 saturated carbocycles. The minimum Gasteiger partial charge on any atom is -0.455 e. The number of aliphatic hydroxyl groups is 2. The third-order valence-electron chi connectivity index (χ3n) is 10.5. The number of carbonyl (C=O) groups is 5. The molecule has 1 aliphatic heterocycles. The third-order valence-corrected chi connectivity index (χ3v) is 11.1. The van der Waals surface area contributed by atoms with Gasteiger partial charge in [-0.25, -0.2) is 9.59 Å². The minimum atomic E-state index is -2.62. The summed E-state index contributed by atoms with van der Waals surface area (Å²) in [7, 11) is 1.27. The molecule has 46 heavy (non-hydrogen) atoms. The summed E-state index contributed by atoms with van der Waals surface area (Å²) in [5.41, 5.74) is -7.70. The highest BCUT2D eigenvalue weighted by Crippen LogP contribution is 2.64. The van der Waals surface area contributed by atoms with E-state index in [2.05, 4.69) is 0 Å². The van der Waals surface area contributed by atoms with Crippen LogP contribution in [0.3, 0.4) is 0 Å². The second kappa shape index (κ2) is 11.9. The summed E-state index contributed by atoms with van der Waals surface area (Å²) in [4.78, 5) is 68.5. The van der Waals surface area contributed by atoms with E-state index in [1.54, 1.807) is 25.1 Å². The van der Waals surface area contributed by atoms with Crippen molar-refractivity contribution in [1.82, 2.24) is 0 Å². The van der Waals surface area contributed by atoms with Gasteiger partial charge in [-0.1, -0.05) is 39.0 Å². The fourth-order valence-electron chi connectivity index (χ4n) is 8.23. The number of esters is 2. The molecule has 2 bridgehead atoms. The lowest BCUT2D eigenvalue weighted by Crippen LogP contribution is -2.83. The van der Waals surface area contributed by atoms with Crippen molar-refractivity contribution >= 4 is 40.6 Å². The first-order valence-corrected chi connectivity index (χ1v) is 16.2. The average molecular weight is 661 g/mol. The number of aliphatic hydroxyl groups excluding tert-OH is 1. The fourth-order valence-corrected chi connectivity index (χ4v) is 8.65. The zero-order chi connectivity index (χ0) is 34.0. The molecule has 1 heterocycles. The molecule has 3 fully saturated rings. The zero-order valence-electron chi connectivity index (χ0n) is 26.9. The molecule has 5 rings (SSSR count). The number of hydrogen-bond donors (Lipinski definition) is 2. The van der Waals surface area contributed by atoms with Gasteiger partial charge < -0.3 is 33.9 Å². The van der Waals surface area contributed by atoms with Crippen molar-refractivity contribution in [3.05, 3.63) is 47.0 Å². The number of fused-ring (bicyclic) bond motifs is 5. The van der Waals surface area contributed by atoms with Gasteiger partial charge in [0.05, 0.1) is 23.5 Å². The molecule has 0 radical (unpaired) electrons. The van der Waals surface area contributed by atoms with E-state index in [1.807, 2.05) is 0 Å². The Morgan fingerprint density at radius 1 is 1.09 bits per heavy atom. The summed E-state index contributed by atoms with van der Waals surface area (Å²) in [5, 5.41) is 24.1. The van der Waals surface area contributed by atoms with Crippen molar-refractivity contribution in [2.45, 2.75) is 89.7 Å². The van der Waals surface area contributed by atoms with Crippen molar-refractivity contribution in [3.8, 4) is 0 Å². The molecule has 4 aliphatic rings. The molecule has 0 spiro atoms. The summed E-state index contributed by atoms with van der Waals surface area (Å²) < 4.78 is 29.8. The van der Waals surface area contributed by atoms with Gasteiger partial charge >= 0.3 is 17.2 Å². The van der Waals surface area contributed by atoms with Crippen LogP contribution in [0.2, 0.25) is 0 Å². The lowest BCUT2D eigenvalue weighted by atomic mass is 9.44. The van der Waals surface area contributed by atoms with Crippen LogP contribution in [0.25, 0.3) is 0 Å². The van der Waals surface area contributed by atoms with Crippen LogP contribution in [0.5, 0.6) is 0 Å². The van der Waals surface area contributed by atoms with Crippen molar-refractivity contribution < 1.29 is 57.9 Å². The molecule has 13 heteroatoms. The summed E-state index contributed by atoms with van der Waals surface area (Å²) in [6, 6.07) is 7.85. The van der Waals surface area contributed by atoms with Crippen LogP contribution in [0.1, 0.15) is 58.3 Å². The molecular formula is C33H40O12S. The molecule has 0 unspecified atom stereocenters. The molecule has 250 valence electrons. The Hall–Kier alpha value is -3.10. The smallest absolute Gasteiger partial charge is 0.367 e. The minimum absolute atomic E-state index is 0.00278. The SMILES string of the molecule is CCSC(=O)O[C@H]1C[C@H]2OC[C@@]2(OC(C)=O)[C@H]2[C@H](OC(=O)c3ccccc3)[C@]3(O)[C@@H](O)C(=O)C(C)=C([C@@H](OC)C(=O)[C@]12C)C3(C)C. The maximum Gasteiger partial charge on any atom is 0.367 e. The van der Waals surface area contributed by atoms with E-state index in [0.717, 1.165) is 11.8 Å². The van der Waals surface area contributed by atoms with Crippen LogP contribution in [0, 0.1) is 16.7 Å². The van der Waals surface area contributed by atoms with Crippen molar-refractivity contribution in [1.29, 1.82) is 0 Å². The van der Waals surface area contributed by atoms with Crippen LogP contribution >= 0.6 is 11.8 Å². The van der Waals surface area contributed by atoms with Crippen molar-refractivity contribution in [2.24, 2.45) is 16.7 Å². The number of Topliss-reactive ketones (excluding diaryl/α,β-unsaturated/α-hetero) is 2. The van der Waals surface area contributed by atoms with Gasteiger partial charge in [0, 0.05) is 31.6 Å². The van der Waals surface area contributed by atoms with E-state index in [4.69, 9.17) is 23.7 Å². The molecule has 0 amide bonds. The van der Waals surface area contributed by atoms with Gasteiger partial charge in [0.2, 0.25) is 0 Å². The van der Waals surface area contributed by atoms with Crippen LogP contribution in [-0.4, -0.2) is 100 Å². The fraction of sp³-hybridized carbons (Fsp3) is 0.606. The quantitative estimate of drug-likeness (QED) is 0.337. The van der Waals surface area contributed by atoms with E-state index < -0.39 is 87.3 Å². The molecule has 12 nitrogen and oxygen atoms in total. The highest BCUT2D eigenvalue weighted by Gasteiger charge is 2.80. The Morgan fingerprint density at radius 2 is 1.74 bits per heavy atom. The standard InChI is InChI=1S/C33H40O12S/c1-8-46-29(39)43-19-14-20-32(15-42-20,45-17(3)34)24-27(44-28(38)18-12-10-9-11-13-18)33(40)25(36)22(35)16(2)21(30(33,4)5)23(41-7)26(37)31(19,24)6/h9-13,19-20,23-25,27,36,40H,8,14-15H2,1-7H3/t19-,20+,23+,24-,25-,27-,31+,32-,33+/m0/s1. The first kappa shape index (κ1) is 34.2. The Kier molecular flexibility index (Phi) is 8.82. The predicted molar refractivity (Wildman–Crippen MR) is 163 cm³/mol. The summed E-state index contributed by atoms with van der Waals surface area (Å²) in [6.45, 7) is 8.63. The lowest BCUT2D eigenvalue weighted by Gasteiger charge is -2.67. The highest BCUT2D eigenvalue weighted by molar-refractivity contribution is 8.13. The number of hydrogen-bond acceptors (Lipinski definition) is 13. The van der Waals surface area contributed by atoms with Gasteiger partial charge in [-0.05, 0) is 48.9 Å². The largest absolute Gasteiger partial charge is 0.455 e. The van der Waals surface area contributed by atoms with Gasteiger partial charge in [0.1, 0.15) is 36.1 Å². The van der Waals surface area contributed by atoms with E-state index in [9.17, 15) is 29.4 Å². The molecule has 2 N–H and O–H groups in total. The van der Waals surface area contributed by atoms with Crippen LogP contribution < -0.4 is 0 Å². The second-order valence-corrected chi connectivity index (χ2v) is 14.3. The Morgan fingerprint density at radius 3 is 2.28 bits per heavy atom. The number of rotatable bonds is 6. The highest BCUT2D eigenvalue weighted by atomic mass is 32.2. The molecular weight excluding hydrogens is 620 g/mol. The molecule has 0 aromatic heterocycles. The van der Waals surface area contributed by atoms with Crippen LogP contribution in [0.15, 0.2) is 41.5 Å². The topological polar surface area (TPSA) is 172 Å². The predicted octanol–water partition coefficient (Wildman–Crippen LogP) is 2.81. The Bertz CT molecular complexity index is 1490. The van der Waals surface area contributed by atoms with Gasteiger partial charge in [-0.2, -0.15) is 0 Å². The Balaban J connectivity index is 1.87. The summed E-state index contributed by atoms with van der Waals surface area (Å²) in [6.07, 6.45) is -7.81. The molecule has 1 aromatic carbocycles. The number of ketones is 2. The number of ether oxygens (including phenoxy) is 5. The third kappa shape index (κ3) is 4.68. The normalized spacial score (nSPS) is 37.9. The van der Waals surface area contributed by atoms with Crippen molar-refractivity contribution in [3.63, 3.8) is 0 Å². The number of benzene rings is 1. The van der Waals surface area contributed by atoms with Gasteiger partial charge in [-0.3, -0.25) is 14.4 Å². The number of thioether (sulfide) groups is 1. The average Bonchev–Trinajstić information content (AvgIpc) is 3.00.